The van der Waals surface area contributed by atoms with Crippen molar-refractivity contribution in [3.8, 4) is 16.8 Å². The van der Waals surface area contributed by atoms with Gasteiger partial charge in [0.1, 0.15) is 5.76 Å². The normalized spacial score (nSPS) is 14.2. The van der Waals surface area contributed by atoms with E-state index in [2.05, 4.69) is 209 Å². The summed E-state index contributed by atoms with van der Waals surface area (Å²) in [5.74, 6) is 0.980. The number of aromatic nitrogens is 2. The highest BCUT2D eigenvalue weighted by atomic mass is 16.3. The van der Waals surface area contributed by atoms with Gasteiger partial charge in [0.2, 0.25) is 0 Å². The molecule has 0 saturated carbocycles. The number of nitrogens with zero attached hydrogens (tertiary/aromatic N) is 2. The summed E-state index contributed by atoms with van der Waals surface area (Å²) >= 11 is 0. The molecule has 3 heterocycles. The molecule has 9 aromatic carbocycles. The van der Waals surface area contributed by atoms with Gasteiger partial charge in [-0.3, -0.25) is 0 Å². The van der Waals surface area contributed by atoms with E-state index >= 15 is 0 Å². The quantitative estimate of drug-likeness (QED) is 0.176. The third kappa shape index (κ3) is 4.58. The lowest BCUT2D eigenvalue weighted by Crippen LogP contribution is -2.22. The minimum atomic E-state index is -0.146. The summed E-state index contributed by atoms with van der Waals surface area (Å²) in [4.78, 5) is 0. The SMILES string of the molecule is c1ccc(C2=c3cccc4c3c(oc3c(-n5c6ccccc6c6ccccc65)cc(-c5ccccc5)c5cccc4c53)C(n3c4ccccc4c4ccccc43)C2)cc1. The predicted octanol–water partition coefficient (Wildman–Crippen LogP) is 14.1. The first-order valence-electron chi connectivity index (χ1n) is 20.5. The number of rotatable bonds is 4. The lowest BCUT2D eigenvalue weighted by Gasteiger charge is -2.27. The van der Waals surface area contributed by atoms with Crippen molar-refractivity contribution in [1.29, 1.82) is 0 Å². The minimum absolute atomic E-state index is 0.146. The highest BCUT2D eigenvalue weighted by Gasteiger charge is 2.31. The molecule has 3 nitrogen and oxygen atoms in total. The van der Waals surface area contributed by atoms with Crippen LogP contribution >= 0.6 is 0 Å². The van der Waals surface area contributed by atoms with E-state index in [4.69, 9.17) is 4.42 Å². The standard InChI is InChI=1S/C56H36N2O/c1-3-17-35(18-4-1)45-33-51(57-47-29-11-7-21-37(47)38-22-8-12-30-48(38)57)55-53-41(25-15-27-43(45)53)42-26-16-28-44-46(36-19-5-2-6-20-36)34-52(56(59-55)54(42)44)58-49-31-13-9-23-39(49)40-24-10-14-32-50(40)58/h1-33,52H,34H2. The van der Waals surface area contributed by atoms with Crippen molar-refractivity contribution in [1.82, 2.24) is 9.13 Å². The summed E-state index contributed by atoms with van der Waals surface area (Å²) < 4.78 is 13.0. The van der Waals surface area contributed by atoms with Gasteiger partial charge in [0, 0.05) is 49.8 Å². The first kappa shape index (κ1) is 32.5. The Kier molecular flexibility index (Phi) is 6.84. The van der Waals surface area contributed by atoms with E-state index in [1.165, 1.54) is 81.6 Å². The number of benzene rings is 9. The van der Waals surface area contributed by atoms with Crippen molar-refractivity contribution in [3.05, 3.63) is 217 Å². The van der Waals surface area contributed by atoms with Crippen LogP contribution in [0.3, 0.4) is 0 Å². The maximum atomic E-state index is 7.96. The molecule has 0 aliphatic heterocycles. The van der Waals surface area contributed by atoms with Crippen LogP contribution in [0, 0.1) is 0 Å². The second-order valence-electron chi connectivity index (χ2n) is 15.9. The Hall–Kier alpha value is -7.62. The topological polar surface area (TPSA) is 23.0 Å². The average Bonchev–Trinajstić information content (AvgIpc) is 3.77. The fraction of sp³-hybridized carbons (Fsp3) is 0.0357. The Morgan fingerprint density at radius 3 is 1.51 bits per heavy atom. The molecule has 1 unspecified atom stereocenters. The van der Waals surface area contributed by atoms with Crippen molar-refractivity contribution in [2.75, 3.05) is 0 Å². The molecule has 0 radical (unpaired) electrons. The molecule has 59 heavy (non-hydrogen) atoms. The summed E-state index contributed by atoms with van der Waals surface area (Å²) in [6, 6.07) is 73.1. The average molecular weight is 753 g/mol. The van der Waals surface area contributed by atoms with Crippen molar-refractivity contribution in [3.63, 3.8) is 0 Å². The van der Waals surface area contributed by atoms with Crippen LogP contribution in [0.5, 0.6) is 0 Å². The largest absolute Gasteiger partial charge is 0.456 e. The summed E-state index contributed by atoms with van der Waals surface area (Å²) in [7, 11) is 0. The van der Waals surface area contributed by atoms with Gasteiger partial charge >= 0.3 is 0 Å². The smallest absolute Gasteiger partial charge is 0.159 e. The van der Waals surface area contributed by atoms with Crippen LogP contribution < -0.4 is 5.22 Å². The number of hydrogen-bond acceptors (Lipinski definition) is 1. The predicted molar refractivity (Wildman–Crippen MR) is 246 cm³/mol. The molecule has 0 fully saturated rings. The van der Waals surface area contributed by atoms with Crippen molar-refractivity contribution in [2.24, 2.45) is 0 Å². The maximum absolute atomic E-state index is 7.96. The highest BCUT2D eigenvalue weighted by molar-refractivity contribution is 6.23. The number of fused-ring (bicyclic) bond motifs is 7. The third-order valence-corrected chi connectivity index (χ3v) is 12.9. The van der Waals surface area contributed by atoms with Crippen LogP contribution in [-0.2, 0) is 0 Å². The van der Waals surface area contributed by atoms with Gasteiger partial charge in [-0.15, -0.1) is 0 Å². The summed E-state index contributed by atoms with van der Waals surface area (Å²) in [5.41, 5.74) is 11.5. The zero-order valence-corrected chi connectivity index (χ0v) is 32.1. The molecule has 3 heteroatoms. The highest BCUT2D eigenvalue weighted by Crippen LogP contribution is 2.47. The molecule has 0 amide bonds. The molecule has 0 saturated heterocycles. The Bertz CT molecular complexity index is 3650. The van der Waals surface area contributed by atoms with Crippen LogP contribution in [-0.4, -0.2) is 9.13 Å². The Labute approximate surface area is 339 Å². The fourth-order valence-corrected chi connectivity index (χ4v) is 10.5. The van der Waals surface area contributed by atoms with Crippen LogP contribution in [0.2, 0.25) is 0 Å². The van der Waals surface area contributed by atoms with Crippen LogP contribution in [0.25, 0.3) is 98.5 Å². The van der Waals surface area contributed by atoms with Gasteiger partial charge in [-0.05, 0) is 74.0 Å². The molecule has 1 aliphatic rings. The van der Waals surface area contributed by atoms with Gasteiger partial charge < -0.3 is 13.6 Å². The van der Waals surface area contributed by atoms with Crippen molar-refractivity contribution in [2.45, 2.75) is 12.5 Å². The van der Waals surface area contributed by atoms with Crippen LogP contribution in [0.4, 0.5) is 0 Å². The van der Waals surface area contributed by atoms with E-state index in [0.717, 1.165) is 39.9 Å². The minimum Gasteiger partial charge on any atom is -0.456 e. The molecule has 3 aromatic heterocycles. The fourth-order valence-electron chi connectivity index (χ4n) is 10.5. The molecule has 1 aliphatic carbocycles. The summed E-state index contributed by atoms with van der Waals surface area (Å²) in [6.07, 6.45) is 0.769. The molecule has 276 valence electrons. The Morgan fingerprint density at radius 1 is 0.407 bits per heavy atom. The number of para-hydroxylation sites is 4. The van der Waals surface area contributed by atoms with Crippen LogP contribution in [0.15, 0.2) is 205 Å². The molecule has 0 spiro atoms. The van der Waals surface area contributed by atoms with E-state index < -0.39 is 0 Å². The first-order chi connectivity index (χ1) is 29.3. The van der Waals surface area contributed by atoms with E-state index in [1.54, 1.807) is 0 Å². The van der Waals surface area contributed by atoms with E-state index in [1.807, 2.05) is 0 Å². The third-order valence-electron chi connectivity index (χ3n) is 12.9. The monoisotopic (exact) mass is 752 g/mol. The first-order valence-corrected chi connectivity index (χ1v) is 20.5. The summed E-state index contributed by atoms with van der Waals surface area (Å²) in [6.45, 7) is 0. The van der Waals surface area contributed by atoms with E-state index in [0.29, 0.717) is 0 Å². The second kappa shape index (κ2) is 12.4. The van der Waals surface area contributed by atoms with Gasteiger partial charge in [0.05, 0.1) is 22.8 Å². The Balaban J connectivity index is 1.29. The zero-order valence-electron chi connectivity index (χ0n) is 32.1. The second-order valence-corrected chi connectivity index (χ2v) is 15.9. The molecule has 12 aromatic rings. The van der Waals surface area contributed by atoms with Gasteiger partial charge in [0.15, 0.2) is 5.58 Å². The van der Waals surface area contributed by atoms with Crippen molar-refractivity contribution >= 4 is 81.7 Å². The Morgan fingerprint density at radius 2 is 0.881 bits per heavy atom. The zero-order chi connectivity index (χ0) is 38.6. The molecule has 13 rings (SSSR count). The van der Waals surface area contributed by atoms with Gasteiger partial charge in [0.25, 0.3) is 0 Å². The van der Waals surface area contributed by atoms with Crippen LogP contribution in [0.1, 0.15) is 23.8 Å². The number of hydrogen-bond donors (Lipinski definition) is 0. The molecular weight excluding hydrogens is 717 g/mol. The lowest BCUT2D eigenvalue weighted by molar-refractivity contribution is 0.464. The molecule has 0 bridgehead atoms. The molecular formula is C56H36N2O. The molecule has 0 N–H and O–H groups in total. The molecule has 1 atom stereocenters. The lowest BCUT2D eigenvalue weighted by atomic mass is 9.86. The van der Waals surface area contributed by atoms with Crippen molar-refractivity contribution < 1.29 is 4.42 Å². The van der Waals surface area contributed by atoms with E-state index in [-0.39, 0.29) is 6.04 Å². The summed E-state index contributed by atoms with van der Waals surface area (Å²) in [5, 5.41) is 12.0. The van der Waals surface area contributed by atoms with Gasteiger partial charge in [-0.1, -0.05) is 170 Å². The van der Waals surface area contributed by atoms with Gasteiger partial charge in [-0.25, -0.2) is 0 Å². The maximum Gasteiger partial charge on any atom is 0.159 e. The van der Waals surface area contributed by atoms with E-state index in [9.17, 15) is 0 Å². The van der Waals surface area contributed by atoms with Gasteiger partial charge in [-0.2, -0.15) is 0 Å².